The summed E-state index contributed by atoms with van der Waals surface area (Å²) >= 11 is 1.85. The minimum Gasteiger partial charge on any atom is -0.296 e. The summed E-state index contributed by atoms with van der Waals surface area (Å²) in [6.45, 7) is 10.6. The zero-order valence-electron chi connectivity index (χ0n) is 14.3. The van der Waals surface area contributed by atoms with Crippen LogP contribution in [0.3, 0.4) is 0 Å². The maximum atomic E-state index is 4.71. The van der Waals surface area contributed by atoms with Crippen molar-refractivity contribution in [1.29, 1.82) is 0 Å². The van der Waals surface area contributed by atoms with Crippen LogP contribution in [0.15, 0.2) is 29.8 Å². The molecule has 5 nitrogen and oxygen atoms in total. The normalized spacial score (nSPS) is 16.9. The van der Waals surface area contributed by atoms with Gasteiger partial charge >= 0.3 is 0 Å². The summed E-state index contributed by atoms with van der Waals surface area (Å²) in [7, 11) is 0. The Bertz CT molecular complexity index is 815. The predicted molar refractivity (Wildman–Crippen MR) is 97.3 cm³/mol. The number of hydrogen-bond donors (Lipinski definition) is 0. The zero-order chi connectivity index (χ0) is 16.5. The van der Waals surface area contributed by atoms with Crippen molar-refractivity contribution in [2.24, 2.45) is 0 Å². The molecular formula is C18H23N5S. The smallest absolute Gasteiger partial charge is 0.234 e. The van der Waals surface area contributed by atoms with E-state index >= 15 is 0 Å². The fourth-order valence-electron chi connectivity index (χ4n) is 3.35. The van der Waals surface area contributed by atoms with Crippen LogP contribution < -0.4 is 0 Å². The highest BCUT2D eigenvalue weighted by atomic mass is 32.1. The Morgan fingerprint density at radius 3 is 2.50 bits per heavy atom. The Labute approximate surface area is 146 Å². The molecule has 0 amide bonds. The van der Waals surface area contributed by atoms with Crippen molar-refractivity contribution >= 4 is 17.1 Å². The summed E-state index contributed by atoms with van der Waals surface area (Å²) in [5, 5.41) is 2.16. The Balaban J connectivity index is 1.37. The second-order valence-corrected chi connectivity index (χ2v) is 7.61. The summed E-state index contributed by atoms with van der Waals surface area (Å²) in [6, 6.07) is 6.46. The van der Waals surface area contributed by atoms with Gasteiger partial charge in [0.2, 0.25) is 5.78 Å². The molecule has 4 heterocycles. The molecule has 0 bridgehead atoms. The summed E-state index contributed by atoms with van der Waals surface area (Å²) in [5.74, 6) is 0.818. The van der Waals surface area contributed by atoms with E-state index in [1.807, 2.05) is 18.3 Å². The van der Waals surface area contributed by atoms with E-state index in [9.17, 15) is 0 Å². The third kappa shape index (κ3) is 3.36. The van der Waals surface area contributed by atoms with Crippen molar-refractivity contribution in [2.45, 2.75) is 26.9 Å². The highest BCUT2D eigenvalue weighted by Crippen LogP contribution is 2.15. The number of aryl methyl sites for hydroxylation is 2. The fourth-order valence-corrected chi connectivity index (χ4v) is 4.10. The third-order valence-electron chi connectivity index (χ3n) is 4.62. The molecule has 4 rings (SSSR count). The molecule has 126 valence electrons. The zero-order valence-corrected chi connectivity index (χ0v) is 15.1. The molecular weight excluding hydrogens is 318 g/mol. The van der Waals surface area contributed by atoms with E-state index in [1.54, 1.807) is 0 Å². The van der Waals surface area contributed by atoms with Crippen molar-refractivity contribution in [1.82, 2.24) is 24.2 Å². The lowest BCUT2D eigenvalue weighted by Gasteiger charge is -2.34. The largest absolute Gasteiger partial charge is 0.296 e. The molecule has 1 aliphatic rings. The van der Waals surface area contributed by atoms with E-state index in [0.717, 1.165) is 56.4 Å². The van der Waals surface area contributed by atoms with Crippen molar-refractivity contribution in [3.8, 4) is 0 Å². The first kappa shape index (κ1) is 15.7. The molecule has 3 aromatic rings. The number of imidazole rings is 1. The van der Waals surface area contributed by atoms with Crippen LogP contribution >= 0.6 is 11.3 Å². The molecule has 0 spiro atoms. The molecule has 0 saturated carbocycles. The summed E-state index contributed by atoms with van der Waals surface area (Å²) in [6.07, 6.45) is 2.13. The van der Waals surface area contributed by atoms with E-state index < -0.39 is 0 Å². The molecule has 0 aliphatic carbocycles. The molecule has 0 aromatic carbocycles. The first-order valence-electron chi connectivity index (χ1n) is 8.47. The monoisotopic (exact) mass is 341 g/mol. The molecule has 0 unspecified atom stereocenters. The highest BCUT2D eigenvalue weighted by Gasteiger charge is 2.18. The molecule has 1 aliphatic heterocycles. The van der Waals surface area contributed by atoms with Crippen LogP contribution in [0.1, 0.15) is 22.0 Å². The maximum Gasteiger partial charge on any atom is 0.234 e. The van der Waals surface area contributed by atoms with Gasteiger partial charge in [0.1, 0.15) is 0 Å². The summed E-state index contributed by atoms with van der Waals surface area (Å²) < 4.78 is 2.09. The molecule has 0 N–H and O–H groups in total. The van der Waals surface area contributed by atoms with Crippen LogP contribution in [-0.2, 0) is 13.1 Å². The van der Waals surface area contributed by atoms with Crippen LogP contribution in [0.25, 0.3) is 5.78 Å². The lowest BCUT2D eigenvalue weighted by atomic mass is 10.3. The molecule has 1 saturated heterocycles. The van der Waals surface area contributed by atoms with Gasteiger partial charge in [-0.25, -0.2) is 9.97 Å². The predicted octanol–water partition coefficient (Wildman–Crippen LogP) is 2.73. The number of thiophene rings is 1. The van der Waals surface area contributed by atoms with Crippen LogP contribution in [0.2, 0.25) is 0 Å². The Morgan fingerprint density at radius 1 is 1.04 bits per heavy atom. The van der Waals surface area contributed by atoms with Crippen LogP contribution in [0.4, 0.5) is 0 Å². The third-order valence-corrected chi connectivity index (χ3v) is 5.48. The summed E-state index contributed by atoms with van der Waals surface area (Å²) in [5.41, 5.74) is 3.33. The standard InChI is InChI=1S/C18H23N5S/c1-14-10-15(2)23-12-16(20-18(23)19-14)11-21-5-7-22(8-6-21)13-17-4-3-9-24-17/h3-4,9-10,12H,5-8,11,13H2,1-2H3. The average Bonchev–Trinajstić information content (AvgIpc) is 3.19. The summed E-state index contributed by atoms with van der Waals surface area (Å²) in [4.78, 5) is 15.7. The van der Waals surface area contributed by atoms with Crippen molar-refractivity contribution in [3.63, 3.8) is 0 Å². The lowest BCUT2D eigenvalue weighted by molar-refractivity contribution is 0.122. The number of hydrogen-bond acceptors (Lipinski definition) is 5. The van der Waals surface area contributed by atoms with Gasteiger partial charge in [0.25, 0.3) is 0 Å². The van der Waals surface area contributed by atoms with Gasteiger partial charge in [-0.3, -0.25) is 14.2 Å². The Morgan fingerprint density at radius 2 is 1.79 bits per heavy atom. The van der Waals surface area contributed by atoms with Gasteiger partial charge in [-0.15, -0.1) is 11.3 Å². The quantitative estimate of drug-likeness (QED) is 0.731. The van der Waals surface area contributed by atoms with Crippen LogP contribution in [-0.4, -0.2) is 50.3 Å². The van der Waals surface area contributed by atoms with E-state index in [-0.39, 0.29) is 0 Å². The van der Waals surface area contributed by atoms with Gasteiger partial charge < -0.3 is 0 Å². The van der Waals surface area contributed by atoms with E-state index in [4.69, 9.17) is 4.98 Å². The molecule has 0 radical (unpaired) electrons. The minimum atomic E-state index is 0.818. The van der Waals surface area contributed by atoms with E-state index in [1.165, 1.54) is 10.6 Å². The van der Waals surface area contributed by atoms with Gasteiger partial charge in [-0.2, -0.15) is 0 Å². The first-order valence-corrected chi connectivity index (χ1v) is 9.35. The number of piperazine rings is 1. The topological polar surface area (TPSA) is 36.7 Å². The number of nitrogens with zero attached hydrogens (tertiary/aromatic N) is 5. The highest BCUT2D eigenvalue weighted by molar-refractivity contribution is 7.09. The van der Waals surface area contributed by atoms with Crippen LogP contribution in [0.5, 0.6) is 0 Å². The molecule has 3 aromatic heterocycles. The first-order chi connectivity index (χ1) is 11.7. The second kappa shape index (κ2) is 6.63. The molecule has 24 heavy (non-hydrogen) atoms. The number of aromatic nitrogens is 3. The van der Waals surface area contributed by atoms with Gasteiger partial charge in [-0.05, 0) is 31.4 Å². The second-order valence-electron chi connectivity index (χ2n) is 6.57. The van der Waals surface area contributed by atoms with Gasteiger partial charge in [-0.1, -0.05) is 6.07 Å². The molecule has 1 fully saturated rings. The number of rotatable bonds is 4. The molecule has 0 atom stereocenters. The maximum absolute atomic E-state index is 4.71. The van der Waals surface area contributed by atoms with Crippen LogP contribution in [0, 0.1) is 13.8 Å². The average molecular weight is 341 g/mol. The lowest BCUT2D eigenvalue weighted by Crippen LogP contribution is -2.45. The minimum absolute atomic E-state index is 0.818. The fraction of sp³-hybridized carbons (Fsp3) is 0.444. The van der Waals surface area contributed by atoms with Crippen molar-refractivity contribution in [3.05, 3.63) is 51.7 Å². The number of fused-ring (bicyclic) bond motifs is 1. The van der Waals surface area contributed by atoms with Crippen molar-refractivity contribution in [2.75, 3.05) is 26.2 Å². The molecule has 6 heteroatoms. The van der Waals surface area contributed by atoms with Gasteiger partial charge in [0.15, 0.2) is 0 Å². The van der Waals surface area contributed by atoms with Crippen molar-refractivity contribution < 1.29 is 0 Å². The van der Waals surface area contributed by atoms with E-state index in [0.29, 0.717) is 0 Å². The van der Waals surface area contributed by atoms with Gasteiger partial charge in [0, 0.05) is 61.7 Å². The Kier molecular flexibility index (Phi) is 4.35. The van der Waals surface area contributed by atoms with E-state index in [2.05, 4.69) is 55.9 Å². The Hall–Kier alpha value is -1.76. The SMILES string of the molecule is Cc1cc(C)n2cc(CN3CCN(Cc4cccs4)CC3)nc2n1. The van der Waals surface area contributed by atoms with Gasteiger partial charge in [0.05, 0.1) is 5.69 Å².